The first-order valence-corrected chi connectivity index (χ1v) is 4.93. The van der Waals surface area contributed by atoms with E-state index in [1.807, 2.05) is 0 Å². The van der Waals surface area contributed by atoms with Gasteiger partial charge < -0.3 is 4.74 Å². The summed E-state index contributed by atoms with van der Waals surface area (Å²) < 4.78 is 4.99. The molecule has 84 valence electrons. The maximum atomic E-state index is 11.4. The summed E-state index contributed by atoms with van der Waals surface area (Å²) in [6.07, 6.45) is 0.283. The van der Waals surface area contributed by atoms with E-state index in [1.54, 1.807) is 6.92 Å². The van der Waals surface area contributed by atoms with Gasteiger partial charge in [-0.05, 0) is 6.92 Å². The van der Waals surface area contributed by atoms with E-state index in [-0.39, 0.29) is 49.7 Å². The van der Waals surface area contributed by atoms with Crippen molar-refractivity contribution in [2.45, 2.75) is 20.3 Å². The summed E-state index contributed by atoms with van der Waals surface area (Å²) in [5.41, 5.74) is 0. The minimum absolute atomic E-state index is 0.0335. The number of likely N-dealkylation sites (tertiary alicyclic amines) is 1. The number of rotatable bonds is 5. The Morgan fingerprint density at radius 3 is 2.67 bits per heavy atom. The van der Waals surface area contributed by atoms with Gasteiger partial charge in [0.15, 0.2) is 5.78 Å². The quantitative estimate of drug-likeness (QED) is 0.476. The molecule has 2 amide bonds. The fourth-order valence-electron chi connectivity index (χ4n) is 1.45. The average molecular weight is 213 g/mol. The molecule has 0 spiro atoms. The molecule has 1 atom stereocenters. The third-order valence-electron chi connectivity index (χ3n) is 2.23. The zero-order valence-corrected chi connectivity index (χ0v) is 8.99. The number of nitrogens with zero attached hydrogens (tertiary/aromatic N) is 1. The molecule has 0 aromatic carbocycles. The van der Waals surface area contributed by atoms with Gasteiger partial charge in [-0.3, -0.25) is 19.3 Å². The fourth-order valence-corrected chi connectivity index (χ4v) is 1.45. The maximum Gasteiger partial charge on any atom is 0.232 e. The lowest BCUT2D eigenvalue weighted by molar-refractivity contribution is -0.140. The number of hydrogen-bond acceptors (Lipinski definition) is 4. The molecule has 0 N–H and O–H groups in total. The van der Waals surface area contributed by atoms with Crippen LogP contribution in [0.1, 0.15) is 20.3 Å². The standard InChI is InChI=1S/C10H15NO4/c1-7-5-9(13)11(10(7)14)3-4-15-6-8(2)12/h7H,3-6H2,1-2H3. The van der Waals surface area contributed by atoms with Crippen molar-refractivity contribution in [1.29, 1.82) is 0 Å². The lowest BCUT2D eigenvalue weighted by Gasteiger charge is -2.13. The Balaban J connectivity index is 2.29. The summed E-state index contributed by atoms with van der Waals surface area (Å²) in [5.74, 6) is -0.585. The number of carbonyl (C=O) groups excluding carboxylic acids is 3. The minimum atomic E-state index is -0.217. The van der Waals surface area contributed by atoms with Crippen LogP contribution in [0.3, 0.4) is 0 Å². The lowest BCUT2D eigenvalue weighted by atomic mass is 10.1. The molecule has 0 radical (unpaired) electrons. The van der Waals surface area contributed by atoms with Crippen molar-refractivity contribution in [2.24, 2.45) is 5.92 Å². The molecule has 15 heavy (non-hydrogen) atoms. The molecule has 1 unspecified atom stereocenters. The van der Waals surface area contributed by atoms with E-state index in [0.29, 0.717) is 0 Å². The van der Waals surface area contributed by atoms with E-state index in [1.165, 1.54) is 11.8 Å². The Morgan fingerprint density at radius 1 is 1.53 bits per heavy atom. The minimum Gasteiger partial charge on any atom is -0.372 e. The zero-order chi connectivity index (χ0) is 11.4. The van der Waals surface area contributed by atoms with Crippen LogP contribution in [0, 0.1) is 5.92 Å². The van der Waals surface area contributed by atoms with Crippen molar-refractivity contribution in [3.8, 4) is 0 Å². The first-order chi connectivity index (χ1) is 7.02. The Labute approximate surface area is 88.4 Å². The maximum absolute atomic E-state index is 11.4. The van der Waals surface area contributed by atoms with Crippen molar-refractivity contribution in [3.05, 3.63) is 0 Å². The van der Waals surface area contributed by atoms with Crippen LogP contribution >= 0.6 is 0 Å². The summed E-state index contributed by atoms with van der Waals surface area (Å²) >= 11 is 0. The van der Waals surface area contributed by atoms with Crippen molar-refractivity contribution in [3.63, 3.8) is 0 Å². The van der Waals surface area contributed by atoms with Crippen LogP contribution in [0.2, 0.25) is 0 Å². The molecule has 1 saturated heterocycles. The SMILES string of the molecule is CC(=O)COCCN1C(=O)CC(C)C1=O. The smallest absolute Gasteiger partial charge is 0.232 e. The summed E-state index contributed by atoms with van der Waals surface area (Å²) in [4.78, 5) is 34.5. The van der Waals surface area contributed by atoms with Crippen LogP contribution in [-0.2, 0) is 19.1 Å². The van der Waals surface area contributed by atoms with Crippen LogP contribution in [0.5, 0.6) is 0 Å². The van der Waals surface area contributed by atoms with E-state index in [0.717, 1.165) is 0 Å². The zero-order valence-electron chi connectivity index (χ0n) is 8.99. The highest BCUT2D eigenvalue weighted by Crippen LogP contribution is 2.17. The Hall–Kier alpha value is -1.23. The van der Waals surface area contributed by atoms with Gasteiger partial charge in [0.05, 0.1) is 13.2 Å². The highest BCUT2D eigenvalue weighted by Gasteiger charge is 2.34. The van der Waals surface area contributed by atoms with Crippen LogP contribution in [0.25, 0.3) is 0 Å². The second-order valence-electron chi connectivity index (χ2n) is 3.74. The fraction of sp³-hybridized carbons (Fsp3) is 0.700. The van der Waals surface area contributed by atoms with Crippen molar-refractivity contribution >= 4 is 17.6 Å². The van der Waals surface area contributed by atoms with E-state index in [2.05, 4.69) is 0 Å². The van der Waals surface area contributed by atoms with Gasteiger partial charge in [0, 0.05) is 12.3 Å². The van der Waals surface area contributed by atoms with Gasteiger partial charge in [-0.25, -0.2) is 0 Å². The number of carbonyl (C=O) groups is 3. The van der Waals surface area contributed by atoms with Crippen LogP contribution in [-0.4, -0.2) is 42.3 Å². The number of imide groups is 1. The summed E-state index contributed by atoms with van der Waals surface area (Å²) in [7, 11) is 0. The van der Waals surface area contributed by atoms with Gasteiger partial charge in [-0.1, -0.05) is 6.92 Å². The van der Waals surface area contributed by atoms with Gasteiger partial charge in [-0.15, -0.1) is 0 Å². The van der Waals surface area contributed by atoms with Gasteiger partial charge in [-0.2, -0.15) is 0 Å². The number of Topliss-reactive ketones (excluding diaryl/α,β-unsaturated/α-hetero) is 1. The molecule has 1 aliphatic heterocycles. The first kappa shape index (κ1) is 11.8. The largest absolute Gasteiger partial charge is 0.372 e. The van der Waals surface area contributed by atoms with Crippen molar-refractivity contribution in [2.75, 3.05) is 19.8 Å². The van der Waals surface area contributed by atoms with Gasteiger partial charge in [0.2, 0.25) is 11.8 Å². The van der Waals surface area contributed by atoms with Crippen LogP contribution < -0.4 is 0 Å². The lowest BCUT2D eigenvalue weighted by Crippen LogP contribution is -2.33. The molecule has 1 aliphatic rings. The molecule has 5 heteroatoms. The summed E-state index contributed by atoms with van der Waals surface area (Å²) in [6, 6.07) is 0. The number of amides is 2. The second-order valence-corrected chi connectivity index (χ2v) is 3.74. The normalized spacial score (nSPS) is 21.2. The monoisotopic (exact) mass is 213 g/mol. The van der Waals surface area contributed by atoms with E-state index in [9.17, 15) is 14.4 Å². The molecule has 0 bridgehead atoms. The van der Waals surface area contributed by atoms with Crippen LogP contribution in [0.4, 0.5) is 0 Å². The molecule has 1 fully saturated rings. The molecule has 0 aliphatic carbocycles. The molecule has 0 aromatic heterocycles. The molecule has 1 heterocycles. The predicted octanol–water partition coefficient (Wildman–Crippen LogP) is -0.0130. The average Bonchev–Trinajstić information content (AvgIpc) is 2.37. The highest BCUT2D eigenvalue weighted by molar-refractivity contribution is 6.03. The van der Waals surface area contributed by atoms with E-state index in [4.69, 9.17) is 4.74 Å². The molecule has 0 aromatic rings. The van der Waals surface area contributed by atoms with Gasteiger partial charge in [0.25, 0.3) is 0 Å². The molecule has 0 saturated carbocycles. The van der Waals surface area contributed by atoms with Gasteiger partial charge >= 0.3 is 0 Å². The van der Waals surface area contributed by atoms with Crippen LogP contribution in [0.15, 0.2) is 0 Å². The Bertz CT molecular complexity index is 287. The van der Waals surface area contributed by atoms with Gasteiger partial charge in [0.1, 0.15) is 6.61 Å². The molecular formula is C10H15NO4. The number of ether oxygens (including phenoxy) is 1. The van der Waals surface area contributed by atoms with E-state index < -0.39 is 0 Å². The predicted molar refractivity (Wildman–Crippen MR) is 52.0 cm³/mol. The summed E-state index contributed by atoms with van der Waals surface area (Å²) in [5, 5.41) is 0. The third-order valence-corrected chi connectivity index (χ3v) is 2.23. The summed E-state index contributed by atoms with van der Waals surface area (Å²) in [6.45, 7) is 3.66. The first-order valence-electron chi connectivity index (χ1n) is 4.93. The molecular weight excluding hydrogens is 198 g/mol. The number of hydrogen-bond donors (Lipinski definition) is 0. The number of ketones is 1. The Morgan fingerprint density at radius 2 is 2.20 bits per heavy atom. The Kier molecular flexibility index (Phi) is 3.96. The van der Waals surface area contributed by atoms with E-state index >= 15 is 0 Å². The molecule has 1 rings (SSSR count). The highest BCUT2D eigenvalue weighted by atomic mass is 16.5. The third kappa shape index (κ3) is 3.13. The topological polar surface area (TPSA) is 63.7 Å². The van der Waals surface area contributed by atoms with Crippen molar-refractivity contribution in [1.82, 2.24) is 4.90 Å². The molecule has 5 nitrogen and oxygen atoms in total. The van der Waals surface area contributed by atoms with Crippen molar-refractivity contribution < 1.29 is 19.1 Å². The second kappa shape index (κ2) is 5.02.